The molecular weight excluding hydrogens is 326 g/mol. The van der Waals surface area contributed by atoms with E-state index in [1.165, 1.54) is 12.8 Å². The van der Waals surface area contributed by atoms with Crippen molar-refractivity contribution in [2.24, 2.45) is 5.41 Å². The van der Waals surface area contributed by atoms with Crippen LogP contribution in [-0.2, 0) is 22.6 Å². The lowest BCUT2D eigenvalue weighted by molar-refractivity contribution is 0.00552. The van der Waals surface area contributed by atoms with Crippen molar-refractivity contribution in [3.05, 3.63) is 60.2 Å². The van der Waals surface area contributed by atoms with Gasteiger partial charge in [0.25, 0.3) is 0 Å². The van der Waals surface area contributed by atoms with Gasteiger partial charge in [0.05, 0.1) is 37.3 Å². The highest BCUT2D eigenvalue weighted by Crippen LogP contribution is 2.42. The van der Waals surface area contributed by atoms with E-state index in [1.807, 2.05) is 30.5 Å². The normalized spacial score (nSPS) is 22.7. The fourth-order valence-electron chi connectivity index (χ4n) is 4.04. The highest BCUT2D eigenvalue weighted by atomic mass is 16.5. The number of ether oxygens (including phenoxy) is 2. The predicted octanol–water partition coefficient (Wildman–Crippen LogP) is 3.06. The van der Waals surface area contributed by atoms with Gasteiger partial charge in [-0.25, -0.2) is 0 Å². The number of likely N-dealkylation sites (tertiary alicyclic amines) is 1. The van der Waals surface area contributed by atoms with Crippen LogP contribution in [0.1, 0.15) is 30.7 Å². The first-order valence-corrected chi connectivity index (χ1v) is 9.53. The third kappa shape index (κ3) is 4.47. The van der Waals surface area contributed by atoms with E-state index in [9.17, 15) is 0 Å². The predicted molar refractivity (Wildman–Crippen MR) is 99.4 cm³/mol. The maximum atomic E-state index is 6.06. The monoisotopic (exact) mass is 353 g/mol. The lowest BCUT2D eigenvalue weighted by Crippen LogP contribution is -2.40. The second-order valence-electron chi connectivity index (χ2n) is 7.57. The Labute approximate surface area is 155 Å². The summed E-state index contributed by atoms with van der Waals surface area (Å²) in [6.07, 6.45) is 7.43. The van der Waals surface area contributed by atoms with E-state index in [0.717, 1.165) is 44.0 Å². The van der Waals surface area contributed by atoms with Crippen LogP contribution in [0.25, 0.3) is 0 Å². The first kappa shape index (κ1) is 17.6. The molecule has 5 nitrogen and oxygen atoms in total. The van der Waals surface area contributed by atoms with Crippen LogP contribution in [0.2, 0.25) is 0 Å². The van der Waals surface area contributed by atoms with Crippen molar-refractivity contribution in [3.8, 4) is 0 Å². The van der Waals surface area contributed by atoms with Crippen LogP contribution in [-0.4, -0.2) is 47.3 Å². The minimum Gasteiger partial charge on any atom is -0.375 e. The van der Waals surface area contributed by atoms with Gasteiger partial charge >= 0.3 is 0 Å². The van der Waals surface area contributed by atoms with Crippen molar-refractivity contribution < 1.29 is 9.47 Å². The average molecular weight is 353 g/mol. The lowest BCUT2D eigenvalue weighted by Gasteiger charge is -2.38. The SMILES string of the molecule is c1ccc(COC[C@@H]2CC3(CCN(Cc4ccccn4)CC3)CO2)nc1. The molecule has 4 heterocycles. The molecule has 2 aromatic heterocycles. The summed E-state index contributed by atoms with van der Waals surface area (Å²) in [4.78, 5) is 11.2. The molecule has 0 aliphatic carbocycles. The third-order valence-electron chi connectivity index (χ3n) is 5.59. The molecule has 2 fully saturated rings. The van der Waals surface area contributed by atoms with Crippen LogP contribution in [0, 0.1) is 5.41 Å². The largest absolute Gasteiger partial charge is 0.375 e. The molecule has 2 aliphatic heterocycles. The van der Waals surface area contributed by atoms with Crippen molar-refractivity contribution in [1.29, 1.82) is 0 Å². The number of aromatic nitrogens is 2. The van der Waals surface area contributed by atoms with Gasteiger partial charge in [0.15, 0.2) is 0 Å². The Kier molecular flexibility index (Phi) is 5.58. The van der Waals surface area contributed by atoms with Crippen LogP contribution in [0.3, 0.4) is 0 Å². The van der Waals surface area contributed by atoms with Crippen LogP contribution in [0.5, 0.6) is 0 Å². The summed E-state index contributed by atoms with van der Waals surface area (Å²) in [6.45, 7) is 5.31. The maximum Gasteiger partial charge on any atom is 0.0889 e. The number of hydrogen-bond donors (Lipinski definition) is 0. The second-order valence-corrected chi connectivity index (χ2v) is 7.57. The standard InChI is InChI=1S/C21H27N3O2/c1-3-9-22-18(5-1)14-24-11-7-21(8-12-24)13-20(26-17-21)16-25-15-19-6-2-4-10-23-19/h1-6,9-10,20H,7-8,11-17H2/t20-/m0/s1. The molecule has 0 aromatic carbocycles. The molecule has 2 aliphatic rings. The molecule has 26 heavy (non-hydrogen) atoms. The average Bonchev–Trinajstić information content (AvgIpc) is 3.08. The van der Waals surface area contributed by atoms with E-state index in [2.05, 4.69) is 27.0 Å². The van der Waals surface area contributed by atoms with Crippen molar-refractivity contribution >= 4 is 0 Å². The third-order valence-corrected chi connectivity index (χ3v) is 5.59. The van der Waals surface area contributed by atoms with E-state index < -0.39 is 0 Å². The van der Waals surface area contributed by atoms with Gasteiger partial charge in [-0.05, 0) is 62.0 Å². The quantitative estimate of drug-likeness (QED) is 0.799. The van der Waals surface area contributed by atoms with Gasteiger partial charge in [0.1, 0.15) is 0 Å². The molecule has 4 rings (SSSR count). The van der Waals surface area contributed by atoms with E-state index in [-0.39, 0.29) is 6.10 Å². The van der Waals surface area contributed by atoms with Crippen molar-refractivity contribution in [2.75, 3.05) is 26.3 Å². The summed E-state index contributed by atoms with van der Waals surface area (Å²) < 4.78 is 11.9. The van der Waals surface area contributed by atoms with Gasteiger partial charge in [-0.15, -0.1) is 0 Å². The Morgan fingerprint density at radius 3 is 2.46 bits per heavy atom. The van der Waals surface area contributed by atoms with Gasteiger partial charge in [0, 0.05) is 18.9 Å². The summed E-state index contributed by atoms with van der Waals surface area (Å²) >= 11 is 0. The summed E-state index contributed by atoms with van der Waals surface area (Å²) in [5.41, 5.74) is 2.48. The molecular formula is C21H27N3O2. The fourth-order valence-corrected chi connectivity index (χ4v) is 4.04. The number of hydrogen-bond acceptors (Lipinski definition) is 5. The van der Waals surface area contributed by atoms with Crippen LogP contribution >= 0.6 is 0 Å². The zero-order valence-corrected chi connectivity index (χ0v) is 15.2. The zero-order chi connectivity index (χ0) is 17.7. The molecule has 0 unspecified atom stereocenters. The maximum absolute atomic E-state index is 6.06. The Morgan fingerprint density at radius 2 is 1.77 bits per heavy atom. The van der Waals surface area contributed by atoms with E-state index in [1.54, 1.807) is 6.20 Å². The van der Waals surface area contributed by atoms with E-state index >= 15 is 0 Å². The number of nitrogens with zero attached hydrogens (tertiary/aromatic N) is 3. The van der Waals surface area contributed by atoms with Gasteiger partial charge in [-0.2, -0.15) is 0 Å². The number of piperidine rings is 1. The molecule has 1 spiro atoms. The Balaban J connectivity index is 1.20. The fraction of sp³-hybridized carbons (Fsp3) is 0.524. The molecule has 0 N–H and O–H groups in total. The zero-order valence-electron chi connectivity index (χ0n) is 15.2. The molecule has 138 valence electrons. The molecule has 5 heteroatoms. The van der Waals surface area contributed by atoms with Crippen molar-refractivity contribution in [3.63, 3.8) is 0 Å². The molecule has 0 bridgehead atoms. The minimum absolute atomic E-state index is 0.223. The van der Waals surface area contributed by atoms with Gasteiger partial charge in [0.2, 0.25) is 0 Å². The second kappa shape index (κ2) is 8.25. The highest BCUT2D eigenvalue weighted by Gasteiger charge is 2.42. The first-order valence-electron chi connectivity index (χ1n) is 9.53. The van der Waals surface area contributed by atoms with E-state index in [0.29, 0.717) is 18.6 Å². The van der Waals surface area contributed by atoms with Gasteiger partial charge in [-0.1, -0.05) is 12.1 Å². The first-order chi connectivity index (χ1) is 12.8. The summed E-state index contributed by atoms with van der Waals surface area (Å²) in [5.74, 6) is 0. The molecule has 1 atom stereocenters. The van der Waals surface area contributed by atoms with Crippen LogP contribution in [0.4, 0.5) is 0 Å². The molecule has 0 saturated carbocycles. The number of rotatable bonds is 6. The Morgan fingerprint density at radius 1 is 1.04 bits per heavy atom. The Hall–Kier alpha value is -1.82. The topological polar surface area (TPSA) is 47.5 Å². The minimum atomic E-state index is 0.223. The Bertz CT molecular complexity index is 672. The molecule has 0 amide bonds. The number of pyridine rings is 2. The summed E-state index contributed by atoms with van der Waals surface area (Å²) in [7, 11) is 0. The van der Waals surface area contributed by atoms with Crippen molar-refractivity contribution in [2.45, 2.75) is 38.5 Å². The van der Waals surface area contributed by atoms with Crippen molar-refractivity contribution in [1.82, 2.24) is 14.9 Å². The summed E-state index contributed by atoms with van der Waals surface area (Å²) in [5, 5.41) is 0. The molecule has 0 radical (unpaired) electrons. The van der Waals surface area contributed by atoms with E-state index in [4.69, 9.17) is 9.47 Å². The molecule has 2 aromatic rings. The molecule has 2 saturated heterocycles. The smallest absolute Gasteiger partial charge is 0.0889 e. The van der Waals surface area contributed by atoms with Gasteiger partial charge < -0.3 is 9.47 Å². The van der Waals surface area contributed by atoms with Crippen LogP contribution in [0.15, 0.2) is 48.8 Å². The summed E-state index contributed by atoms with van der Waals surface area (Å²) in [6, 6.07) is 12.1. The lowest BCUT2D eigenvalue weighted by atomic mass is 9.76. The van der Waals surface area contributed by atoms with Gasteiger partial charge in [-0.3, -0.25) is 14.9 Å². The van der Waals surface area contributed by atoms with Crippen LogP contribution < -0.4 is 0 Å². The highest BCUT2D eigenvalue weighted by molar-refractivity contribution is 5.04.